The molecule has 1 aliphatic rings. The lowest BCUT2D eigenvalue weighted by molar-refractivity contribution is -0.126. The highest BCUT2D eigenvalue weighted by Crippen LogP contribution is 2.27. The highest BCUT2D eigenvalue weighted by molar-refractivity contribution is 5.63. The van der Waals surface area contributed by atoms with Crippen LogP contribution in [0.1, 0.15) is 25.7 Å². The minimum absolute atomic E-state index is 0.535. The van der Waals surface area contributed by atoms with E-state index in [1.807, 2.05) is 0 Å². The molecule has 1 saturated heterocycles. The van der Waals surface area contributed by atoms with E-state index in [2.05, 4.69) is 5.92 Å². The molecule has 0 spiro atoms. The Kier molecular flexibility index (Phi) is 2.67. The van der Waals surface area contributed by atoms with Gasteiger partial charge in [-0.3, -0.25) is 0 Å². The molecule has 0 aromatic rings. The van der Waals surface area contributed by atoms with E-state index in [1.165, 1.54) is 0 Å². The van der Waals surface area contributed by atoms with E-state index in [0.29, 0.717) is 19.4 Å². The van der Waals surface area contributed by atoms with Gasteiger partial charge in [-0.1, -0.05) is 0 Å². The Hall–Kier alpha value is -0.810. The van der Waals surface area contributed by atoms with Crippen molar-refractivity contribution in [3.8, 4) is 12.3 Å². The molecule has 1 heterocycles. The van der Waals surface area contributed by atoms with Crippen molar-refractivity contribution in [1.29, 1.82) is 0 Å². The zero-order chi connectivity index (χ0) is 8.16. The maximum atomic E-state index is 10.6. The molecular weight excluding hydrogens is 140 g/mol. The molecule has 0 N–H and O–H groups in total. The number of aldehydes is 1. The van der Waals surface area contributed by atoms with Crippen LogP contribution >= 0.6 is 0 Å². The maximum absolute atomic E-state index is 10.6. The van der Waals surface area contributed by atoms with E-state index in [0.717, 1.165) is 19.1 Å². The third kappa shape index (κ3) is 1.81. The largest absolute Gasteiger partial charge is 0.367 e. The Labute approximate surface area is 66.9 Å². The van der Waals surface area contributed by atoms with Crippen molar-refractivity contribution < 1.29 is 9.53 Å². The van der Waals surface area contributed by atoms with Crippen LogP contribution in [0.4, 0.5) is 0 Å². The Bertz CT molecular complexity index is 172. The fourth-order valence-electron chi connectivity index (χ4n) is 1.35. The average Bonchev–Trinajstić information content (AvgIpc) is 2.50. The van der Waals surface area contributed by atoms with Gasteiger partial charge in [0.25, 0.3) is 0 Å². The fourth-order valence-corrected chi connectivity index (χ4v) is 1.35. The molecule has 11 heavy (non-hydrogen) atoms. The first-order valence-corrected chi connectivity index (χ1v) is 3.87. The van der Waals surface area contributed by atoms with Gasteiger partial charge in [0.15, 0.2) is 6.29 Å². The normalized spacial score (nSPS) is 29.7. The molecule has 0 aromatic carbocycles. The van der Waals surface area contributed by atoms with E-state index in [1.54, 1.807) is 0 Å². The molecule has 0 aliphatic carbocycles. The van der Waals surface area contributed by atoms with E-state index in [-0.39, 0.29) is 0 Å². The molecule has 2 nitrogen and oxygen atoms in total. The van der Waals surface area contributed by atoms with Crippen LogP contribution in [0.25, 0.3) is 0 Å². The number of hydrogen-bond donors (Lipinski definition) is 0. The number of carbonyl (C=O) groups is 1. The van der Waals surface area contributed by atoms with Crippen molar-refractivity contribution in [3.63, 3.8) is 0 Å². The predicted molar refractivity (Wildman–Crippen MR) is 42.0 cm³/mol. The summed E-state index contributed by atoms with van der Waals surface area (Å²) in [4.78, 5) is 10.6. The summed E-state index contributed by atoms with van der Waals surface area (Å²) in [6.07, 6.45) is 9.10. The first kappa shape index (κ1) is 8.29. The lowest BCUT2D eigenvalue weighted by Crippen LogP contribution is -2.29. The zero-order valence-electron chi connectivity index (χ0n) is 6.51. The second kappa shape index (κ2) is 3.54. The minimum atomic E-state index is -0.535. The van der Waals surface area contributed by atoms with Crippen LogP contribution < -0.4 is 0 Å². The molecule has 0 saturated carbocycles. The summed E-state index contributed by atoms with van der Waals surface area (Å²) in [5.41, 5.74) is -0.535. The van der Waals surface area contributed by atoms with Gasteiger partial charge < -0.3 is 9.53 Å². The SMILES string of the molecule is C#CCCC1(C=O)CCCO1. The van der Waals surface area contributed by atoms with Gasteiger partial charge in [0.1, 0.15) is 5.60 Å². The number of rotatable bonds is 3. The Balaban J connectivity index is 2.47. The van der Waals surface area contributed by atoms with Gasteiger partial charge in [-0.05, 0) is 19.3 Å². The number of ether oxygens (including phenoxy) is 1. The van der Waals surface area contributed by atoms with Crippen molar-refractivity contribution in [2.24, 2.45) is 0 Å². The molecule has 0 aromatic heterocycles. The summed E-state index contributed by atoms with van der Waals surface area (Å²) in [5, 5.41) is 0. The van der Waals surface area contributed by atoms with Crippen LogP contribution in [0.2, 0.25) is 0 Å². The third-order valence-corrected chi connectivity index (χ3v) is 2.04. The molecule has 2 heteroatoms. The lowest BCUT2D eigenvalue weighted by atomic mass is 9.96. The van der Waals surface area contributed by atoms with Crippen molar-refractivity contribution in [2.75, 3.05) is 6.61 Å². The average molecular weight is 152 g/mol. The predicted octanol–water partition coefficient (Wildman–Crippen LogP) is 1.15. The first-order chi connectivity index (χ1) is 5.33. The summed E-state index contributed by atoms with van der Waals surface area (Å²) < 4.78 is 5.33. The van der Waals surface area contributed by atoms with Crippen LogP contribution in [0.5, 0.6) is 0 Å². The molecule has 0 radical (unpaired) electrons. The van der Waals surface area contributed by atoms with Gasteiger partial charge >= 0.3 is 0 Å². The van der Waals surface area contributed by atoms with Gasteiger partial charge in [0.05, 0.1) is 0 Å². The third-order valence-electron chi connectivity index (χ3n) is 2.04. The highest BCUT2D eigenvalue weighted by atomic mass is 16.5. The zero-order valence-corrected chi connectivity index (χ0v) is 6.51. The second-order valence-electron chi connectivity index (χ2n) is 2.84. The second-order valence-corrected chi connectivity index (χ2v) is 2.84. The summed E-state index contributed by atoms with van der Waals surface area (Å²) in [5.74, 6) is 2.51. The fraction of sp³-hybridized carbons (Fsp3) is 0.667. The Morgan fingerprint density at radius 1 is 1.73 bits per heavy atom. The van der Waals surface area contributed by atoms with E-state index in [4.69, 9.17) is 11.2 Å². The Morgan fingerprint density at radius 3 is 3.00 bits per heavy atom. The summed E-state index contributed by atoms with van der Waals surface area (Å²) in [6, 6.07) is 0. The number of terminal acetylenes is 1. The Morgan fingerprint density at radius 2 is 2.55 bits per heavy atom. The summed E-state index contributed by atoms with van der Waals surface area (Å²) in [7, 11) is 0. The molecule has 1 rings (SSSR count). The monoisotopic (exact) mass is 152 g/mol. The van der Waals surface area contributed by atoms with Gasteiger partial charge in [0, 0.05) is 13.0 Å². The van der Waals surface area contributed by atoms with Crippen LogP contribution in [-0.2, 0) is 9.53 Å². The lowest BCUT2D eigenvalue weighted by Gasteiger charge is -2.19. The van der Waals surface area contributed by atoms with Crippen LogP contribution in [0.3, 0.4) is 0 Å². The summed E-state index contributed by atoms with van der Waals surface area (Å²) in [6.45, 7) is 0.698. The standard InChI is InChI=1S/C9H12O2/c1-2-3-5-9(8-10)6-4-7-11-9/h1,8H,3-7H2. The van der Waals surface area contributed by atoms with Gasteiger partial charge in [0.2, 0.25) is 0 Å². The van der Waals surface area contributed by atoms with Crippen molar-refractivity contribution in [1.82, 2.24) is 0 Å². The molecule has 1 aliphatic heterocycles. The molecule has 1 fully saturated rings. The first-order valence-electron chi connectivity index (χ1n) is 3.87. The van der Waals surface area contributed by atoms with Crippen molar-refractivity contribution in [2.45, 2.75) is 31.3 Å². The van der Waals surface area contributed by atoms with Gasteiger partial charge in [-0.25, -0.2) is 0 Å². The van der Waals surface area contributed by atoms with Crippen molar-refractivity contribution >= 4 is 6.29 Å². The minimum Gasteiger partial charge on any atom is -0.367 e. The van der Waals surface area contributed by atoms with Crippen LogP contribution in [-0.4, -0.2) is 18.5 Å². The molecule has 60 valence electrons. The molecule has 0 bridgehead atoms. The maximum Gasteiger partial charge on any atom is 0.151 e. The number of hydrogen-bond acceptors (Lipinski definition) is 2. The molecule has 1 atom stereocenters. The quantitative estimate of drug-likeness (QED) is 0.448. The highest BCUT2D eigenvalue weighted by Gasteiger charge is 2.33. The molecule has 0 amide bonds. The smallest absolute Gasteiger partial charge is 0.151 e. The van der Waals surface area contributed by atoms with E-state index < -0.39 is 5.60 Å². The number of carbonyl (C=O) groups excluding carboxylic acids is 1. The van der Waals surface area contributed by atoms with Gasteiger partial charge in [-0.2, -0.15) is 0 Å². The van der Waals surface area contributed by atoms with E-state index in [9.17, 15) is 4.79 Å². The van der Waals surface area contributed by atoms with Gasteiger partial charge in [-0.15, -0.1) is 12.3 Å². The molecular formula is C9H12O2. The van der Waals surface area contributed by atoms with Crippen molar-refractivity contribution in [3.05, 3.63) is 0 Å². The van der Waals surface area contributed by atoms with Crippen LogP contribution in [0, 0.1) is 12.3 Å². The topological polar surface area (TPSA) is 26.3 Å². The molecule has 1 unspecified atom stereocenters. The van der Waals surface area contributed by atoms with Crippen LogP contribution in [0.15, 0.2) is 0 Å². The summed E-state index contributed by atoms with van der Waals surface area (Å²) >= 11 is 0. The van der Waals surface area contributed by atoms with E-state index >= 15 is 0 Å².